The highest BCUT2D eigenvalue weighted by atomic mass is 32.1. The summed E-state index contributed by atoms with van der Waals surface area (Å²) in [6.07, 6.45) is 0. The molecule has 0 aliphatic carbocycles. The molecule has 3 N–H and O–H groups in total. The van der Waals surface area contributed by atoms with Crippen LogP contribution in [-0.2, 0) is 11.3 Å². The third kappa shape index (κ3) is 3.30. The number of nitrogens with two attached hydrogens (primary N) is 1. The monoisotopic (exact) mass is 429 g/mol. The number of fused-ring (bicyclic) bond motifs is 4. The van der Waals surface area contributed by atoms with Crippen LogP contribution in [0.5, 0.6) is 0 Å². The summed E-state index contributed by atoms with van der Waals surface area (Å²) in [7, 11) is 0. The Labute approximate surface area is 178 Å². The van der Waals surface area contributed by atoms with Gasteiger partial charge in [-0.05, 0) is 17.5 Å². The van der Waals surface area contributed by atoms with Crippen molar-refractivity contribution in [2.45, 2.75) is 6.54 Å². The summed E-state index contributed by atoms with van der Waals surface area (Å²) in [5.41, 5.74) is 5.68. The van der Waals surface area contributed by atoms with Gasteiger partial charge < -0.3 is 11.1 Å². The fourth-order valence-electron chi connectivity index (χ4n) is 3.53. The van der Waals surface area contributed by atoms with Crippen molar-refractivity contribution in [1.29, 1.82) is 0 Å². The molecule has 8 nitrogen and oxygen atoms in total. The molecular weight excluding hydrogens is 414 g/mol. The van der Waals surface area contributed by atoms with Crippen molar-refractivity contribution in [1.82, 2.24) is 14.8 Å². The van der Waals surface area contributed by atoms with E-state index < -0.39 is 17.4 Å². The third-order valence-electron chi connectivity index (χ3n) is 4.92. The van der Waals surface area contributed by atoms with Gasteiger partial charge in [0.25, 0.3) is 11.5 Å². The topological polar surface area (TPSA) is 120 Å². The molecule has 0 aliphatic rings. The van der Waals surface area contributed by atoms with Gasteiger partial charge in [-0.3, -0.25) is 14.4 Å². The molecule has 2 heterocycles. The highest BCUT2D eigenvalue weighted by Gasteiger charge is 2.17. The molecule has 2 aromatic heterocycles. The minimum absolute atomic E-state index is 0.0607. The van der Waals surface area contributed by atoms with Crippen molar-refractivity contribution in [3.8, 4) is 0 Å². The second kappa shape index (κ2) is 7.29. The van der Waals surface area contributed by atoms with Crippen LogP contribution in [0.2, 0.25) is 0 Å². The van der Waals surface area contributed by atoms with Crippen LogP contribution >= 0.6 is 11.3 Å². The van der Waals surface area contributed by atoms with E-state index in [0.717, 1.165) is 25.7 Å². The highest BCUT2D eigenvalue weighted by Crippen LogP contribution is 2.31. The number of hydrogen-bond acceptors (Lipinski definition) is 6. The molecule has 0 fully saturated rings. The average molecular weight is 429 g/mol. The van der Waals surface area contributed by atoms with E-state index in [4.69, 9.17) is 5.73 Å². The van der Waals surface area contributed by atoms with Crippen LogP contribution in [0.25, 0.3) is 31.8 Å². The van der Waals surface area contributed by atoms with E-state index in [-0.39, 0.29) is 17.6 Å². The minimum Gasteiger partial charge on any atom is -0.364 e. The molecule has 0 radical (unpaired) electrons. The van der Waals surface area contributed by atoms with Gasteiger partial charge in [0.2, 0.25) is 5.91 Å². The number of rotatable bonds is 4. The van der Waals surface area contributed by atoms with E-state index in [0.29, 0.717) is 10.5 Å². The molecule has 2 amide bonds. The quantitative estimate of drug-likeness (QED) is 0.455. The maximum Gasteiger partial charge on any atom is 0.275 e. The molecule has 9 heteroatoms. The lowest BCUT2D eigenvalue weighted by Gasteiger charge is -2.08. The Kier molecular flexibility index (Phi) is 4.45. The van der Waals surface area contributed by atoms with Crippen LogP contribution in [0.4, 0.5) is 5.13 Å². The van der Waals surface area contributed by atoms with Gasteiger partial charge in [0, 0.05) is 10.8 Å². The second-order valence-electron chi connectivity index (χ2n) is 6.92. The van der Waals surface area contributed by atoms with Crippen LogP contribution < -0.4 is 16.6 Å². The first-order valence-corrected chi connectivity index (χ1v) is 10.2. The Balaban J connectivity index is 1.48. The summed E-state index contributed by atoms with van der Waals surface area (Å²) in [4.78, 5) is 41.7. The number of nitrogens with zero attached hydrogens (tertiary/aromatic N) is 3. The Hall–Kier alpha value is -4.11. The molecule has 0 unspecified atom stereocenters. The zero-order valence-corrected chi connectivity index (χ0v) is 16.8. The smallest absolute Gasteiger partial charge is 0.275 e. The number of amides is 2. The van der Waals surface area contributed by atoms with Crippen LogP contribution in [0.1, 0.15) is 10.5 Å². The molecule has 0 saturated carbocycles. The zero-order valence-electron chi connectivity index (χ0n) is 16.0. The zero-order chi connectivity index (χ0) is 21.5. The number of anilines is 1. The van der Waals surface area contributed by atoms with Gasteiger partial charge in [0.15, 0.2) is 10.8 Å². The molecular formula is C22H15N5O3S. The predicted molar refractivity (Wildman–Crippen MR) is 120 cm³/mol. The summed E-state index contributed by atoms with van der Waals surface area (Å²) in [6, 6.07) is 18.4. The Morgan fingerprint density at radius 2 is 1.68 bits per heavy atom. The van der Waals surface area contributed by atoms with E-state index in [2.05, 4.69) is 15.4 Å². The maximum atomic E-state index is 12.7. The van der Waals surface area contributed by atoms with Gasteiger partial charge in [-0.25, -0.2) is 9.67 Å². The first kappa shape index (κ1) is 18.9. The van der Waals surface area contributed by atoms with Gasteiger partial charge in [0.05, 0.1) is 15.6 Å². The van der Waals surface area contributed by atoms with Crippen molar-refractivity contribution in [3.05, 3.63) is 76.7 Å². The number of primary amides is 1. The Morgan fingerprint density at radius 1 is 0.968 bits per heavy atom. The minimum atomic E-state index is -0.775. The fraction of sp³-hybridized carbons (Fsp3) is 0.0455. The van der Waals surface area contributed by atoms with Crippen LogP contribution in [0.15, 0.2) is 65.5 Å². The van der Waals surface area contributed by atoms with Crippen LogP contribution in [0, 0.1) is 0 Å². The largest absolute Gasteiger partial charge is 0.364 e. The fourth-order valence-corrected chi connectivity index (χ4v) is 4.43. The number of aromatic nitrogens is 3. The van der Waals surface area contributed by atoms with Crippen LogP contribution in [-0.4, -0.2) is 26.6 Å². The number of carbonyl (C=O) groups excluding carboxylic acids is 2. The molecule has 0 atom stereocenters. The molecule has 0 saturated heterocycles. The lowest BCUT2D eigenvalue weighted by Crippen LogP contribution is -2.32. The summed E-state index contributed by atoms with van der Waals surface area (Å²) in [5, 5.41) is 9.84. The number of nitrogens with one attached hydrogen (secondary N) is 1. The third-order valence-corrected chi connectivity index (χ3v) is 5.86. The number of hydrogen-bond donors (Lipinski definition) is 2. The number of carbonyl (C=O) groups is 2. The van der Waals surface area contributed by atoms with E-state index in [1.54, 1.807) is 24.3 Å². The number of benzene rings is 3. The first-order valence-electron chi connectivity index (χ1n) is 9.39. The van der Waals surface area contributed by atoms with E-state index in [9.17, 15) is 14.4 Å². The van der Waals surface area contributed by atoms with E-state index >= 15 is 0 Å². The van der Waals surface area contributed by atoms with Gasteiger partial charge in [-0.15, -0.1) is 0 Å². The standard InChI is InChI=1S/C22H15N5O3S/c23-20(29)19-14-7-3-4-8-15(14)21(30)27(26-19)11-17(28)24-22-25-18-13-6-2-1-5-12(13)9-10-16(18)31-22/h1-10H,11H2,(H2,23,29)(H,24,25,28). The van der Waals surface area contributed by atoms with E-state index in [1.165, 1.54) is 11.3 Å². The SMILES string of the molecule is NC(=O)c1nn(CC(=O)Nc2nc3c(ccc4ccccc43)s2)c(=O)c2ccccc12. The Bertz CT molecular complexity index is 1570. The average Bonchev–Trinajstić information content (AvgIpc) is 3.18. The van der Waals surface area contributed by atoms with Crippen LogP contribution in [0.3, 0.4) is 0 Å². The van der Waals surface area contributed by atoms with Gasteiger partial charge in [0.1, 0.15) is 6.54 Å². The van der Waals surface area contributed by atoms with E-state index in [1.807, 2.05) is 36.4 Å². The summed E-state index contributed by atoms with van der Waals surface area (Å²) in [6.45, 7) is -0.374. The summed E-state index contributed by atoms with van der Waals surface area (Å²) < 4.78 is 1.88. The summed E-state index contributed by atoms with van der Waals surface area (Å²) >= 11 is 1.34. The molecule has 0 spiro atoms. The van der Waals surface area contributed by atoms with Crippen molar-refractivity contribution in [2.75, 3.05) is 5.32 Å². The molecule has 152 valence electrons. The highest BCUT2D eigenvalue weighted by molar-refractivity contribution is 7.22. The lowest BCUT2D eigenvalue weighted by molar-refractivity contribution is -0.117. The van der Waals surface area contributed by atoms with Gasteiger partial charge in [-0.2, -0.15) is 5.10 Å². The first-order chi connectivity index (χ1) is 15.0. The van der Waals surface area contributed by atoms with Crippen molar-refractivity contribution >= 4 is 60.0 Å². The van der Waals surface area contributed by atoms with Crippen molar-refractivity contribution in [3.63, 3.8) is 0 Å². The molecule has 0 bridgehead atoms. The lowest BCUT2D eigenvalue weighted by atomic mass is 10.1. The normalized spacial score (nSPS) is 11.2. The predicted octanol–water partition coefficient (Wildman–Crippen LogP) is 2.90. The summed E-state index contributed by atoms with van der Waals surface area (Å²) in [5.74, 6) is -1.26. The van der Waals surface area contributed by atoms with Gasteiger partial charge in [-0.1, -0.05) is 59.9 Å². The molecule has 5 rings (SSSR count). The molecule has 0 aliphatic heterocycles. The maximum absolute atomic E-state index is 12.7. The molecule has 3 aromatic carbocycles. The second-order valence-corrected chi connectivity index (χ2v) is 7.95. The van der Waals surface area contributed by atoms with Crippen molar-refractivity contribution in [2.24, 2.45) is 5.73 Å². The Morgan fingerprint density at radius 3 is 2.45 bits per heavy atom. The number of thiazole rings is 1. The van der Waals surface area contributed by atoms with Gasteiger partial charge >= 0.3 is 0 Å². The molecule has 5 aromatic rings. The molecule has 31 heavy (non-hydrogen) atoms. The van der Waals surface area contributed by atoms with Crippen molar-refractivity contribution < 1.29 is 9.59 Å².